The van der Waals surface area contributed by atoms with Gasteiger partial charge in [-0.3, -0.25) is 4.68 Å². The lowest BCUT2D eigenvalue weighted by Gasteiger charge is -2.02. The summed E-state index contributed by atoms with van der Waals surface area (Å²) in [5.41, 5.74) is 2.45. The lowest BCUT2D eigenvalue weighted by molar-refractivity contribution is 0.283. The van der Waals surface area contributed by atoms with Crippen molar-refractivity contribution in [3.63, 3.8) is 0 Å². The molecule has 2 aromatic rings. The number of hydrogen-bond acceptors (Lipinski definition) is 3. The molecule has 0 spiro atoms. The first-order valence-electron chi connectivity index (χ1n) is 6.75. The third-order valence-corrected chi connectivity index (χ3v) is 2.96. The molecule has 0 saturated heterocycles. The minimum atomic E-state index is 0.274. The van der Waals surface area contributed by atoms with Crippen LogP contribution in [0.15, 0.2) is 42.7 Å². The van der Waals surface area contributed by atoms with E-state index in [1.807, 2.05) is 29.1 Å². The third-order valence-electron chi connectivity index (χ3n) is 2.96. The zero-order valence-corrected chi connectivity index (χ0v) is 11.1. The number of aliphatic hydroxyl groups excluding tert-OH is 1. The molecule has 1 aromatic heterocycles. The van der Waals surface area contributed by atoms with Gasteiger partial charge in [0.05, 0.1) is 12.7 Å². The highest BCUT2D eigenvalue weighted by Crippen LogP contribution is 2.03. The summed E-state index contributed by atoms with van der Waals surface area (Å²) < 4.78 is 1.96. The molecule has 0 aliphatic carbocycles. The van der Waals surface area contributed by atoms with E-state index < -0.39 is 0 Å². The fourth-order valence-corrected chi connectivity index (χ4v) is 1.95. The molecule has 0 amide bonds. The number of rotatable bonds is 8. The highest BCUT2D eigenvalue weighted by atomic mass is 16.2. The summed E-state index contributed by atoms with van der Waals surface area (Å²) in [7, 11) is 0. The van der Waals surface area contributed by atoms with Gasteiger partial charge in [-0.15, -0.1) is 0 Å². The van der Waals surface area contributed by atoms with Crippen molar-refractivity contribution in [3.05, 3.63) is 53.9 Å². The normalized spacial score (nSPS) is 10.8. The maximum absolute atomic E-state index is 8.68. The molecule has 0 bridgehead atoms. The summed E-state index contributed by atoms with van der Waals surface area (Å²) in [5.74, 6) is 0. The number of hydrogen-bond donors (Lipinski definition) is 2. The molecule has 0 radical (unpaired) electrons. The number of unbranched alkanes of at least 4 members (excludes halogenated alkanes) is 1. The molecule has 0 saturated carbocycles. The Labute approximate surface area is 114 Å². The van der Waals surface area contributed by atoms with Crippen LogP contribution in [0.25, 0.3) is 0 Å². The van der Waals surface area contributed by atoms with Crippen LogP contribution in [-0.2, 0) is 13.1 Å². The molecule has 0 unspecified atom stereocenters. The van der Waals surface area contributed by atoms with E-state index >= 15 is 0 Å². The Bertz CT molecular complexity index is 467. The summed E-state index contributed by atoms with van der Waals surface area (Å²) in [6.45, 7) is 2.85. The molecule has 1 aromatic carbocycles. The molecule has 4 heteroatoms. The Morgan fingerprint density at radius 2 is 1.95 bits per heavy atom. The number of aromatic nitrogens is 2. The number of nitrogens with zero attached hydrogens (tertiary/aromatic N) is 2. The zero-order chi connectivity index (χ0) is 13.3. The van der Waals surface area contributed by atoms with Crippen molar-refractivity contribution in [1.29, 1.82) is 0 Å². The van der Waals surface area contributed by atoms with Crippen LogP contribution in [0, 0.1) is 0 Å². The molecular formula is C15H21N3O. The van der Waals surface area contributed by atoms with Gasteiger partial charge in [-0.25, -0.2) is 0 Å². The molecule has 0 aliphatic heterocycles. The van der Waals surface area contributed by atoms with E-state index in [0.29, 0.717) is 0 Å². The topological polar surface area (TPSA) is 50.1 Å². The molecule has 0 atom stereocenters. The highest BCUT2D eigenvalue weighted by molar-refractivity contribution is 5.15. The first-order valence-corrected chi connectivity index (χ1v) is 6.75. The minimum absolute atomic E-state index is 0.274. The van der Waals surface area contributed by atoms with Crippen molar-refractivity contribution in [3.8, 4) is 0 Å². The van der Waals surface area contributed by atoms with Gasteiger partial charge in [-0.2, -0.15) is 5.10 Å². The van der Waals surface area contributed by atoms with Crippen molar-refractivity contribution in [1.82, 2.24) is 15.1 Å². The number of nitrogens with one attached hydrogen (secondary N) is 1. The van der Waals surface area contributed by atoms with Crippen LogP contribution >= 0.6 is 0 Å². The Morgan fingerprint density at radius 3 is 2.74 bits per heavy atom. The van der Waals surface area contributed by atoms with E-state index in [4.69, 9.17) is 5.11 Å². The molecule has 0 fully saturated rings. The molecule has 4 nitrogen and oxygen atoms in total. The quantitative estimate of drug-likeness (QED) is 0.711. The van der Waals surface area contributed by atoms with E-state index in [9.17, 15) is 0 Å². The van der Waals surface area contributed by atoms with E-state index in [0.717, 1.165) is 32.5 Å². The summed E-state index contributed by atoms with van der Waals surface area (Å²) >= 11 is 0. The molecule has 2 N–H and O–H groups in total. The monoisotopic (exact) mass is 259 g/mol. The average molecular weight is 259 g/mol. The van der Waals surface area contributed by atoms with Crippen LogP contribution in [0.5, 0.6) is 0 Å². The van der Waals surface area contributed by atoms with E-state index in [2.05, 4.69) is 28.7 Å². The minimum Gasteiger partial charge on any atom is -0.396 e. The lowest BCUT2D eigenvalue weighted by atomic mass is 10.2. The summed E-state index contributed by atoms with van der Waals surface area (Å²) in [5, 5.41) is 16.4. The molecule has 1 heterocycles. The van der Waals surface area contributed by atoms with Crippen LogP contribution in [0.4, 0.5) is 0 Å². The second-order valence-electron chi connectivity index (χ2n) is 4.64. The third kappa shape index (κ3) is 4.85. The fourth-order valence-electron chi connectivity index (χ4n) is 1.95. The summed E-state index contributed by atoms with van der Waals surface area (Å²) in [6, 6.07) is 10.3. The summed E-state index contributed by atoms with van der Waals surface area (Å²) in [6.07, 6.45) is 5.85. The second-order valence-corrected chi connectivity index (χ2v) is 4.64. The second kappa shape index (κ2) is 7.71. The van der Waals surface area contributed by atoms with Crippen LogP contribution in [0.1, 0.15) is 24.0 Å². The smallest absolute Gasteiger partial charge is 0.0659 e. The SMILES string of the molecule is OCCCCNCc1cnn(Cc2ccccc2)c1. The highest BCUT2D eigenvalue weighted by Gasteiger charge is 1.99. The van der Waals surface area contributed by atoms with Gasteiger partial charge in [0.25, 0.3) is 0 Å². The predicted octanol–water partition coefficient (Wildman–Crippen LogP) is 1.79. The van der Waals surface area contributed by atoms with Gasteiger partial charge >= 0.3 is 0 Å². The standard InChI is InChI=1S/C15H21N3O/c19-9-5-4-8-16-10-15-11-17-18(13-15)12-14-6-2-1-3-7-14/h1-3,6-7,11,13,16,19H,4-5,8-10,12H2. The van der Waals surface area contributed by atoms with Gasteiger partial charge in [-0.05, 0) is 24.9 Å². The van der Waals surface area contributed by atoms with Gasteiger partial charge in [0.2, 0.25) is 0 Å². The van der Waals surface area contributed by atoms with E-state index in [1.54, 1.807) is 0 Å². The zero-order valence-electron chi connectivity index (χ0n) is 11.1. The molecule has 19 heavy (non-hydrogen) atoms. The van der Waals surface area contributed by atoms with E-state index in [1.165, 1.54) is 11.1 Å². The van der Waals surface area contributed by atoms with Gasteiger partial charge in [0.15, 0.2) is 0 Å². The maximum Gasteiger partial charge on any atom is 0.0659 e. The van der Waals surface area contributed by atoms with Gasteiger partial charge in [-0.1, -0.05) is 30.3 Å². The van der Waals surface area contributed by atoms with Crippen LogP contribution in [0.2, 0.25) is 0 Å². The maximum atomic E-state index is 8.68. The largest absolute Gasteiger partial charge is 0.396 e. The fraction of sp³-hybridized carbons (Fsp3) is 0.400. The van der Waals surface area contributed by atoms with E-state index in [-0.39, 0.29) is 6.61 Å². The molecular weight excluding hydrogens is 238 g/mol. The number of benzene rings is 1. The van der Waals surface area contributed by atoms with Crippen molar-refractivity contribution < 1.29 is 5.11 Å². The van der Waals surface area contributed by atoms with Gasteiger partial charge < -0.3 is 10.4 Å². The van der Waals surface area contributed by atoms with Crippen molar-refractivity contribution >= 4 is 0 Å². The lowest BCUT2D eigenvalue weighted by Crippen LogP contribution is -2.14. The van der Waals surface area contributed by atoms with Crippen LogP contribution < -0.4 is 5.32 Å². The van der Waals surface area contributed by atoms with Crippen molar-refractivity contribution in [2.24, 2.45) is 0 Å². The first-order chi connectivity index (χ1) is 9.38. The Kier molecular flexibility index (Phi) is 5.59. The van der Waals surface area contributed by atoms with Crippen molar-refractivity contribution in [2.45, 2.75) is 25.9 Å². The predicted molar refractivity (Wildman–Crippen MR) is 75.8 cm³/mol. The van der Waals surface area contributed by atoms with Crippen LogP contribution in [-0.4, -0.2) is 28.0 Å². The average Bonchev–Trinajstić information content (AvgIpc) is 2.87. The molecule has 2 rings (SSSR count). The molecule has 102 valence electrons. The molecule has 0 aliphatic rings. The van der Waals surface area contributed by atoms with Crippen LogP contribution in [0.3, 0.4) is 0 Å². The summed E-state index contributed by atoms with van der Waals surface area (Å²) in [4.78, 5) is 0. The Morgan fingerprint density at radius 1 is 1.11 bits per heavy atom. The Hall–Kier alpha value is -1.65. The van der Waals surface area contributed by atoms with Gasteiger partial charge in [0, 0.05) is 24.9 Å². The van der Waals surface area contributed by atoms with Crippen molar-refractivity contribution in [2.75, 3.05) is 13.2 Å². The first kappa shape index (κ1) is 13.8. The Balaban J connectivity index is 1.76. The number of aliphatic hydroxyl groups is 1. The van der Waals surface area contributed by atoms with Gasteiger partial charge in [0.1, 0.15) is 0 Å².